The third-order valence-electron chi connectivity index (χ3n) is 6.61. The predicted molar refractivity (Wildman–Crippen MR) is 115 cm³/mol. The number of methoxy groups -OCH3 is 3. The molecule has 1 fully saturated rings. The highest BCUT2D eigenvalue weighted by atomic mass is 16.7. The molecular weight excluding hydrogens is 398 g/mol. The van der Waals surface area contributed by atoms with Crippen LogP contribution in [0.4, 0.5) is 0 Å². The van der Waals surface area contributed by atoms with Gasteiger partial charge in [-0.15, -0.1) is 0 Å². The predicted octanol–water partition coefficient (Wildman–Crippen LogP) is 4.02. The summed E-state index contributed by atoms with van der Waals surface area (Å²) < 4.78 is 34.7. The first-order valence-electron chi connectivity index (χ1n) is 10.8. The Balaban J connectivity index is 1.66. The van der Waals surface area contributed by atoms with Crippen molar-refractivity contribution in [2.45, 2.75) is 31.9 Å². The fourth-order valence-electron chi connectivity index (χ4n) is 5.14. The van der Waals surface area contributed by atoms with E-state index in [9.17, 15) is 0 Å². The van der Waals surface area contributed by atoms with Gasteiger partial charge < -0.3 is 28.4 Å². The summed E-state index contributed by atoms with van der Waals surface area (Å²) in [7, 11) is 4.91. The molecule has 0 unspecified atom stereocenters. The minimum Gasteiger partial charge on any atom is -0.493 e. The van der Waals surface area contributed by atoms with Crippen LogP contribution in [0.5, 0.6) is 34.5 Å². The second-order valence-corrected chi connectivity index (χ2v) is 8.29. The molecule has 3 aliphatic rings. The molecule has 0 radical (unpaired) electrons. The highest BCUT2D eigenvalue weighted by Gasteiger charge is 2.42. The molecule has 7 heteroatoms. The van der Waals surface area contributed by atoms with Crippen LogP contribution in [0.25, 0.3) is 0 Å². The van der Waals surface area contributed by atoms with Gasteiger partial charge in [0, 0.05) is 36.6 Å². The van der Waals surface area contributed by atoms with Crippen LogP contribution in [0, 0.1) is 5.92 Å². The van der Waals surface area contributed by atoms with Gasteiger partial charge >= 0.3 is 0 Å². The molecule has 0 bridgehead atoms. The summed E-state index contributed by atoms with van der Waals surface area (Å²) in [5.74, 6) is 4.50. The average molecular weight is 427 g/mol. The van der Waals surface area contributed by atoms with Crippen LogP contribution in [0.3, 0.4) is 0 Å². The first-order chi connectivity index (χ1) is 15.1. The Labute approximate surface area is 182 Å². The number of hydrogen-bond acceptors (Lipinski definition) is 7. The molecule has 3 heterocycles. The standard InChI is InChI=1S/C24H29NO6/c1-14-22(15-9-20(26-2)23(28-4)21(10-15)27-3)16-11-18-19(30-13-29-18)12-17(16)31-24(14)25-7-5-6-8-25/h9-12,14,22,24H,5-8,13H2,1-4H3/t14-,22-,24-/m0/s1. The Hall–Kier alpha value is -2.80. The van der Waals surface area contributed by atoms with E-state index in [4.69, 9.17) is 28.4 Å². The Kier molecular flexibility index (Phi) is 5.22. The normalized spacial score (nSPS) is 24.5. The second kappa shape index (κ2) is 8.04. The molecule has 3 atom stereocenters. The average Bonchev–Trinajstić information content (AvgIpc) is 3.48. The maximum Gasteiger partial charge on any atom is 0.231 e. The van der Waals surface area contributed by atoms with Gasteiger partial charge in [-0.05, 0) is 36.6 Å². The van der Waals surface area contributed by atoms with Crippen LogP contribution in [0.15, 0.2) is 24.3 Å². The van der Waals surface area contributed by atoms with E-state index < -0.39 is 0 Å². The zero-order valence-electron chi connectivity index (χ0n) is 18.5. The van der Waals surface area contributed by atoms with Crippen molar-refractivity contribution in [2.24, 2.45) is 5.92 Å². The molecule has 0 aromatic heterocycles. The van der Waals surface area contributed by atoms with Gasteiger partial charge in [-0.1, -0.05) is 6.92 Å². The Morgan fingerprint density at radius 3 is 2.10 bits per heavy atom. The summed E-state index contributed by atoms with van der Waals surface area (Å²) in [4.78, 5) is 2.45. The summed E-state index contributed by atoms with van der Waals surface area (Å²) in [5, 5.41) is 0. The zero-order valence-corrected chi connectivity index (χ0v) is 18.5. The van der Waals surface area contributed by atoms with E-state index in [-0.39, 0.29) is 24.9 Å². The van der Waals surface area contributed by atoms with Crippen molar-refractivity contribution in [3.8, 4) is 34.5 Å². The van der Waals surface area contributed by atoms with Gasteiger partial charge in [0.1, 0.15) is 5.75 Å². The highest BCUT2D eigenvalue weighted by Crippen LogP contribution is 2.52. The number of hydrogen-bond donors (Lipinski definition) is 0. The fourth-order valence-corrected chi connectivity index (χ4v) is 5.14. The number of benzene rings is 2. The third-order valence-corrected chi connectivity index (χ3v) is 6.61. The molecule has 0 N–H and O–H groups in total. The molecule has 0 saturated carbocycles. The molecule has 31 heavy (non-hydrogen) atoms. The van der Waals surface area contributed by atoms with Crippen LogP contribution in [0.2, 0.25) is 0 Å². The number of fused-ring (bicyclic) bond motifs is 2. The molecule has 0 aliphatic carbocycles. The Morgan fingerprint density at radius 2 is 1.48 bits per heavy atom. The van der Waals surface area contributed by atoms with Crippen molar-refractivity contribution in [1.82, 2.24) is 4.90 Å². The van der Waals surface area contributed by atoms with Crippen molar-refractivity contribution in [1.29, 1.82) is 0 Å². The summed E-state index contributed by atoms with van der Waals surface area (Å²) in [6, 6.07) is 8.12. The maximum absolute atomic E-state index is 6.57. The summed E-state index contributed by atoms with van der Waals surface area (Å²) >= 11 is 0. The quantitative estimate of drug-likeness (QED) is 0.714. The highest BCUT2D eigenvalue weighted by molar-refractivity contribution is 5.60. The lowest BCUT2D eigenvalue weighted by molar-refractivity contribution is -0.0178. The number of nitrogens with zero attached hydrogens (tertiary/aromatic N) is 1. The van der Waals surface area contributed by atoms with E-state index in [1.54, 1.807) is 21.3 Å². The van der Waals surface area contributed by atoms with E-state index >= 15 is 0 Å². The van der Waals surface area contributed by atoms with Gasteiger partial charge in [0.05, 0.1) is 21.3 Å². The number of ether oxygens (including phenoxy) is 6. The van der Waals surface area contributed by atoms with E-state index in [0.717, 1.165) is 41.5 Å². The van der Waals surface area contributed by atoms with Crippen LogP contribution in [-0.4, -0.2) is 52.3 Å². The molecule has 166 valence electrons. The molecular formula is C24H29NO6. The van der Waals surface area contributed by atoms with Crippen molar-refractivity contribution in [2.75, 3.05) is 41.2 Å². The van der Waals surface area contributed by atoms with Crippen molar-refractivity contribution >= 4 is 0 Å². The zero-order chi connectivity index (χ0) is 21.5. The van der Waals surface area contributed by atoms with Crippen LogP contribution in [0.1, 0.15) is 36.8 Å². The second-order valence-electron chi connectivity index (χ2n) is 8.29. The van der Waals surface area contributed by atoms with Crippen molar-refractivity contribution in [3.63, 3.8) is 0 Å². The van der Waals surface area contributed by atoms with Crippen LogP contribution >= 0.6 is 0 Å². The molecule has 5 rings (SSSR count). The molecule has 0 spiro atoms. The lowest BCUT2D eigenvalue weighted by atomic mass is 9.78. The van der Waals surface area contributed by atoms with E-state index in [1.807, 2.05) is 18.2 Å². The minimum atomic E-state index is -0.0144. The summed E-state index contributed by atoms with van der Waals surface area (Å²) in [6.45, 7) is 4.59. The first-order valence-corrected chi connectivity index (χ1v) is 10.8. The number of rotatable bonds is 5. The lowest BCUT2D eigenvalue weighted by Gasteiger charge is -2.42. The molecule has 1 saturated heterocycles. The summed E-state index contributed by atoms with van der Waals surface area (Å²) in [5.41, 5.74) is 2.18. The molecule has 3 aliphatic heterocycles. The SMILES string of the molecule is COc1cc([C@H]2c3cc4c(cc3O[C@H](N3CCCC3)[C@H]2C)OCO4)cc(OC)c1OC. The van der Waals surface area contributed by atoms with Gasteiger partial charge in [0.2, 0.25) is 12.5 Å². The largest absolute Gasteiger partial charge is 0.493 e. The van der Waals surface area contributed by atoms with Gasteiger partial charge in [-0.2, -0.15) is 0 Å². The van der Waals surface area contributed by atoms with E-state index in [2.05, 4.69) is 17.9 Å². The maximum atomic E-state index is 6.57. The third kappa shape index (κ3) is 3.31. The fraction of sp³-hybridized carbons (Fsp3) is 0.500. The van der Waals surface area contributed by atoms with Gasteiger partial charge in [-0.3, -0.25) is 4.90 Å². The first kappa shape index (κ1) is 20.1. The van der Waals surface area contributed by atoms with Gasteiger partial charge in [0.25, 0.3) is 0 Å². The molecule has 0 amide bonds. The Bertz CT molecular complexity index is 946. The van der Waals surface area contributed by atoms with Crippen molar-refractivity contribution in [3.05, 3.63) is 35.4 Å². The van der Waals surface area contributed by atoms with Crippen molar-refractivity contribution < 1.29 is 28.4 Å². The van der Waals surface area contributed by atoms with Gasteiger partial charge in [-0.25, -0.2) is 0 Å². The van der Waals surface area contributed by atoms with Crippen LogP contribution in [-0.2, 0) is 0 Å². The summed E-state index contributed by atoms with van der Waals surface area (Å²) in [6.07, 6.45) is 2.39. The van der Waals surface area contributed by atoms with Gasteiger partial charge in [0.15, 0.2) is 29.2 Å². The molecule has 2 aromatic rings. The lowest BCUT2D eigenvalue weighted by Crippen LogP contribution is -2.46. The smallest absolute Gasteiger partial charge is 0.231 e. The topological polar surface area (TPSA) is 58.6 Å². The monoisotopic (exact) mass is 427 g/mol. The Morgan fingerprint density at radius 1 is 0.839 bits per heavy atom. The number of likely N-dealkylation sites (tertiary alicyclic amines) is 1. The molecule has 7 nitrogen and oxygen atoms in total. The van der Waals surface area contributed by atoms with E-state index in [1.165, 1.54) is 12.8 Å². The minimum absolute atomic E-state index is 0.0144. The molecule has 2 aromatic carbocycles. The van der Waals surface area contributed by atoms with Crippen LogP contribution < -0.4 is 28.4 Å². The van der Waals surface area contributed by atoms with E-state index in [0.29, 0.717) is 17.2 Å².